The maximum atomic E-state index is 13.7. The third kappa shape index (κ3) is 2.36. The van der Waals surface area contributed by atoms with Crippen molar-refractivity contribution in [2.45, 2.75) is 30.6 Å². The molecule has 2 N–H and O–H groups in total. The third-order valence-electron chi connectivity index (χ3n) is 4.61. The number of halogens is 1. The number of nitrogen functional groups attached to an aromatic ring is 1. The van der Waals surface area contributed by atoms with E-state index in [2.05, 4.69) is 0 Å². The van der Waals surface area contributed by atoms with Crippen LogP contribution in [0.2, 0.25) is 0 Å². The van der Waals surface area contributed by atoms with Gasteiger partial charge in [0.25, 0.3) is 0 Å². The molecule has 2 saturated carbocycles. The molecule has 2 bridgehead atoms. The number of sulfone groups is 1. The summed E-state index contributed by atoms with van der Waals surface area (Å²) in [6.45, 7) is 0. The third-order valence-corrected chi connectivity index (χ3v) is 6.48. The monoisotopic (exact) mass is 283 g/mol. The highest BCUT2D eigenvalue weighted by Gasteiger charge is 2.41. The number of fused-ring (bicyclic) bond motifs is 2. The van der Waals surface area contributed by atoms with Gasteiger partial charge in [0.05, 0.1) is 5.75 Å². The lowest BCUT2D eigenvalue weighted by molar-refractivity contribution is 0.360. The number of anilines is 1. The second-order valence-corrected chi connectivity index (χ2v) is 7.91. The van der Waals surface area contributed by atoms with Crippen molar-refractivity contribution >= 4 is 15.5 Å². The van der Waals surface area contributed by atoms with Crippen LogP contribution in [0.3, 0.4) is 0 Å². The Bertz CT molecular complexity index is 599. The molecule has 104 valence electrons. The Morgan fingerprint density at radius 2 is 2.05 bits per heavy atom. The zero-order valence-electron chi connectivity index (χ0n) is 10.7. The van der Waals surface area contributed by atoms with E-state index in [0.717, 1.165) is 25.3 Å². The number of hydrogen-bond donors (Lipinski definition) is 1. The average Bonchev–Trinajstić information content (AvgIpc) is 2.89. The molecule has 0 aliphatic heterocycles. The number of nitrogens with two attached hydrogens (primary N) is 1. The first-order chi connectivity index (χ1) is 8.95. The summed E-state index contributed by atoms with van der Waals surface area (Å²) in [5.74, 6) is 0.775. The predicted molar refractivity (Wildman–Crippen MR) is 71.8 cm³/mol. The zero-order chi connectivity index (χ0) is 13.6. The van der Waals surface area contributed by atoms with Gasteiger partial charge in [-0.3, -0.25) is 0 Å². The van der Waals surface area contributed by atoms with E-state index < -0.39 is 15.7 Å². The van der Waals surface area contributed by atoms with E-state index in [9.17, 15) is 12.8 Å². The SMILES string of the molecule is Nc1ccc(S(=O)(=O)CC2CC3CCC2C3)c(F)c1. The summed E-state index contributed by atoms with van der Waals surface area (Å²) in [6, 6.07) is 3.80. The Morgan fingerprint density at radius 3 is 2.63 bits per heavy atom. The Hall–Kier alpha value is -1.10. The molecule has 1 aromatic rings. The smallest absolute Gasteiger partial charge is 0.181 e. The predicted octanol–water partition coefficient (Wildman–Crippen LogP) is 2.62. The lowest BCUT2D eigenvalue weighted by Gasteiger charge is -2.21. The second-order valence-electron chi connectivity index (χ2n) is 5.91. The maximum absolute atomic E-state index is 13.7. The van der Waals surface area contributed by atoms with E-state index in [-0.39, 0.29) is 22.3 Å². The summed E-state index contributed by atoms with van der Waals surface area (Å²) < 4.78 is 38.4. The molecule has 2 aliphatic carbocycles. The highest BCUT2D eigenvalue weighted by atomic mass is 32.2. The molecule has 0 radical (unpaired) electrons. The maximum Gasteiger partial charge on any atom is 0.181 e. The summed E-state index contributed by atoms with van der Waals surface area (Å²) in [4.78, 5) is -0.204. The van der Waals surface area contributed by atoms with E-state index in [4.69, 9.17) is 5.73 Å². The fraction of sp³-hybridized carbons (Fsp3) is 0.571. The van der Waals surface area contributed by atoms with Gasteiger partial charge in [-0.1, -0.05) is 6.42 Å². The zero-order valence-corrected chi connectivity index (χ0v) is 11.5. The fourth-order valence-electron chi connectivity index (χ4n) is 3.72. The van der Waals surface area contributed by atoms with Crippen LogP contribution in [0, 0.1) is 23.6 Å². The van der Waals surface area contributed by atoms with Crippen molar-refractivity contribution in [3.63, 3.8) is 0 Å². The van der Waals surface area contributed by atoms with Crippen LogP contribution in [-0.2, 0) is 9.84 Å². The Morgan fingerprint density at radius 1 is 1.26 bits per heavy atom. The molecule has 0 saturated heterocycles. The van der Waals surface area contributed by atoms with Crippen molar-refractivity contribution in [3.05, 3.63) is 24.0 Å². The van der Waals surface area contributed by atoms with Crippen LogP contribution >= 0.6 is 0 Å². The Balaban J connectivity index is 1.83. The van der Waals surface area contributed by atoms with E-state index in [0.29, 0.717) is 11.8 Å². The van der Waals surface area contributed by atoms with E-state index in [1.54, 1.807) is 0 Å². The lowest BCUT2D eigenvalue weighted by Crippen LogP contribution is -2.22. The highest BCUT2D eigenvalue weighted by molar-refractivity contribution is 7.91. The molecule has 0 aromatic heterocycles. The van der Waals surface area contributed by atoms with E-state index in [1.165, 1.54) is 18.6 Å². The molecule has 0 amide bonds. The van der Waals surface area contributed by atoms with Gasteiger partial charge in [0, 0.05) is 5.69 Å². The molecular weight excluding hydrogens is 265 g/mol. The van der Waals surface area contributed by atoms with E-state index in [1.807, 2.05) is 0 Å². The van der Waals surface area contributed by atoms with Crippen LogP contribution in [0.1, 0.15) is 25.7 Å². The van der Waals surface area contributed by atoms with Crippen molar-refractivity contribution < 1.29 is 12.8 Å². The molecule has 2 fully saturated rings. The summed E-state index contributed by atoms with van der Waals surface area (Å²) in [5, 5.41) is 0. The fourth-order valence-corrected chi connectivity index (χ4v) is 5.50. The van der Waals surface area contributed by atoms with Gasteiger partial charge in [-0.15, -0.1) is 0 Å². The number of hydrogen-bond acceptors (Lipinski definition) is 3. The molecule has 3 nitrogen and oxygen atoms in total. The molecule has 0 spiro atoms. The van der Waals surface area contributed by atoms with Crippen LogP contribution in [0.15, 0.2) is 23.1 Å². The van der Waals surface area contributed by atoms with Gasteiger partial charge in [-0.25, -0.2) is 12.8 Å². The second kappa shape index (κ2) is 4.47. The van der Waals surface area contributed by atoms with Crippen LogP contribution in [-0.4, -0.2) is 14.2 Å². The first kappa shape index (κ1) is 12.9. The van der Waals surface area contributed by atoms with Crippen LogP contribution in [0.4, 0.5) is 10.1 Å². The number of benzene rings is 1. The standard InChI is InChI=1S/C14H18FNO2S/c15-13-7-12(16)3-4-14(13)19(17,18)8-11-6-9-1-2-10(11)5-9/h3-4,7,9-11H,1-2,5-6,8,16H2. The van der Waals surface area contributed by atoms with Gasteiger partial charge in [0.1, 0.15) is 10.7 Å². The van der Waals surface area contributed by atoms with Gasteiger partial charge in [0.15, 0.2) is 9.84 Å². The van der Waals surface area contributed by atoms with E-state index >= 15 is 0 Å². The van der Waals surface area contributed by atoms with Crippen LogP contribution < -0.4 is 5.73 Å². The van der Waals surface area contributed by atoms with Gasteiger partial charge >= 0.3 is 0 Å². The van der Waals surface area contributed by atoms with Crippen molar-refractivity contribution in [1.82, 2.24) is 0 Å². The Kier molecular flexibility index (Phi) is 3.04. The molecule has 19 heavy (non-hydrogen) atoms. The normalized spacial score (nSPS) is 29.8. The summed E-state index contributed by atoms with van der Waals surface area (Å²) in [7, 11) is -3.54. The molecule has 1 aromatic carbocycles. The van der Waals surface area contributed by atoms with Crippen molar-refractivity contribution in [3.8, 4) is 0 Å². The largest absolute Gasteiger partial charge is 0.399 e. The quantitative estimate of drug-likeness (QED) is 0.867. The van der Waals surface area contributed by atoms with Crippen LogP contribution in [0.5, 0.6) is 0 Å². The van der Waals surface area contributed by atoms with Gasteiger partial charge < -0.3 is 5.73 Å². The first-order valence-corrected chi connectivity index (χ1v) is 8.39. The molecular formula is C14H18FNO2S. The highest BCUT2D eigenvalue weighted by Crippen LogP contribution is 2.49. The summed E-state index contributed by atoms with van der Waals surface area (Å²) in [6.07, 6.45) is 4.51. The summed E-state index contributed by atoms with van der Waals surface area (Å²) >= 11 is 0. The summed E-state index contributed by atoms with van der Waals surface area (Å²) in [5.41, 5.74) is 5.70. The lowest BCUT2D eigenvalue weighted by atomic mass is 9.90. The topological polar surface area (TPSA) is 60.2 Å². The van der Waals surface area contributed by atoms with Gasteiger partial charge in [-0.2, -0.15) is 0 Å². The van der Waals surface area contributed by atoms with Crippen LogP contribution in [0.25, 0.3) is 0 Å². The molecule has 3 unspecified atom stereocenters. The van der Waals surface area contributed by atoms with Crippen molar-refractivity contribution in [1.29, 1.82) is 0 Å². The minimum atomic E-state index is -3.54. The molecule has 3 atom stereocenters. The average molecular weight is 283 g/mol. The minimum absolute atomic E-state index is 0.0784. The molecule has 3 rings (SSSR count). The van der Waals surface area contributed by atoms with Crippen molar-refractivity contribution in [2.24, 2.45) is 17.8 Å². The molecule has 5 heteroatoms. The van der Waals surface area contributed by atoms with Gasteiger partial charge in [-0.05, 0) is 55.2 Å². The Labute approximate surface area is 112 Å². The minimum Gasteiger partial charge on any atom is -0.399 e. The molecule has 0 heterocycles. The number of rotatable bonds is 3. The molecule has 2 aliphatic rings. The van der Waals surface area contributed by atoms with Gasteiger partial charge in [0.2, 0.25) is 0 Å². The van der Waals surface area contributed by atoms with Crippen molar-refractivity contribution in [2.75, 3.05) is 11.5 Å². The first-order valence-electron chi connectivity index (χ1n) is 6.73.